The van der Waals surface area contributed by atoms with Crippen molar-refractivity contribution in [2.45, 2.75) is 13.0 Å². The molecule has 3 N–H and O–H groups in total. The highest BCUT2D eigenvalue weighted by molar-refractivity contribution is 5.91. The Morgan fingerprint density at radius 2 is 2.28 bits per heavy atom. The predicted octanol–water partition coefficient (Wildman–Crippen LogP) is 0.647. The first-order valence-corrected chi connectivity index (χ1v) is 5.62. The van der Waals surface area contributed by atoms with Crippen LogP contribution in [0.15, 0.2) is 30.6 Å². The van der Waals surface area contributed by atoms with Gasteiger partial charge in [-0.15, -0.1) is 0 Å². The standard InChI is InChI=1S/C12H15N5O/c1-8(13)9-4-3-6-15-11(9)17-7-5-10(16-17)12(18)14-2/h3-8H,13H2,1-2H3,(H,14,18). The minimum Gasteiger partial charge on any atom is -0.354 e. The highest BCUT2D eigenvalue weighted by atomic mass is 16.1. The number of rotatable bonds is 3. The van der Waals surface area contributed by atoms with Gasteiger partial charge < -0.3 is 11.1 Å². The van der Waals surface area contributed by atoms with E-state index in [1.165, 1.54) is 0 Å². The molecule has 1 unspecified atom stereocenters. The summed E-state index contributed by atoms with van der Waals surface area (Å²) in [5.74, 6) is 0.412. The molecule has 0 bridgehead atoms. The van der Waals surface area contributed by atoms with Crippen LogP contribution in [-0.4, -0.2) is 27.7 Å². The molecule has 0 fully saturated rings. The van der Waals surface area contributed by atoms with E-state index in [1.54, 1.807) is 30.2 Å². The molecule has 94 valence electrons. The maximum atomic E-state index is 11.4. The second kappa shape index (κ2) is 4.97. The number of nitrogens with one attached hydrogen (secondary N) is 1. The first-order chi connectivity index (χ1) is 8.63. The molecular formula is C12H15N5O. The molecule has 0 radical (unpaired) electrons. The van der Waals surface area contributed by atoms with Gasteiger partial charge in [0, 0.05) is 31.0 Å². The zero-order valence-corrected chi connectivity index (χ0v) is 10.3. The third-order valence-electron chi connectivity index (χ3n) is 2.57. The molecule has 6 heteroatoms. The van der Waals surface area contributed by atoms with Gasteiger partial charge in [-0.05, 0) is 19.1 Å². The van der Waals surface area contributed by atoms with Gasteiger partial charge in [-0.1, -0.05) is 6.07 Å². The molecular weight excluding hydrogens is 230 g/mol. The lowest BCUT2D eigenvalue weighted by Crippen LogP contribution is -2.19. The molecule has 0 spiro atoms. The molecule has 1 atom stereocenters. The van der Waals surface area contributed by atoms with Gasteiger partial charge in [0.15, 0.2) is 11.5 Å². The number of nitrogens with zero attached hydrogens (tertiary/aromatic N) is 3. The number of amides is 1. The summed E-state index contributed by atoms with van der Waals surface area (Å²) >= 11 is 0. The molecule has 0 aliphatic heterocycles. The Kier molecular flexibility index (Phi) is 3.38. The van der Waals surface area contributed by atoms with Crippen molar-refractivity contribution >= 4 is 5.91 Å². The number of nitrogens with two attached hydrogens (primary N) is 1. The van der Waals surface area contributed by atoms with Crippen molar-refractivity contribution in [3.05, 3.63) is 41.9 Å². The minimum absolute atomic E-state index is 0.152. The predicted molar refractivity (Wildman–Crippen MR) is 67.4 cm³/mol. The van der Waals surface area contributed by atoms with Gasteiger partial charge in [-0.3, -0.25) is 4.79 Å². The maximum Gasteiger partial charge on any atom is 0.271 e. The Labute approximate surface area is 105 Å². The lowest BCUT2D eigenvalue weighted by atomic mass is 10.1. The smallest absolute Gasteiger partial charge is 0.271 e. The Morgan fingerprint density at radius 3 is 2.94 bits per heavy atom. The average molecular weight is 245 g/mol. The normalized spacial score (nSPS) is 12.2. The lowest BCUT2D eigenvalue weighted by Gasteiger charge is -2.10. The fourth-order valence-corrected chi connectivity index (χ4v) is 1.65. The fourth-order valence-electron chi connectivity index (χ4n) is 1.65. The van der Waals surface area contributed by atoms with Crippen molar-refractivity contribution in [2.24, 2.45) is 5.73 Å². The van der Waals surface area contributed by atoms with E-state index in [9.17, 15) is 4.79 Å². The Morgan fingerprint density at radius 1 is 1.50 bits per heavy atom. The monoisotopic (exact) mass is 245 g/mol. The summed E-state index contributed by atoms with van der Waals surface area (Å²) in [5, 5.41) is 6.70. The summed E-state index contributed by atoms with van der Waals surface area (Å²) < 4.78 is 1.56. The number of pyridine rings is 1. The van der Waals surface area contributed by atoms with E-state index < -0.39 is 0 Å². The molecule has 2 heterocycles. The summed E-state index contributed by atoms with van der Waals surface area (Å²) in [6, 6.07) is 5.21. The largest absolute Gasteiger partial charge is 0.354 e. The first-order valence-electron chi connectivity index (χ1n) is 5.62. The van der Waals surface area contributed by atoms with Gasteiger partial charge in [-0.2, -0.15) is 5.10 Å². The SMILES string of the molecule is CNC(=O)c1ccn(-c2ncccc2C(C)N)n1. The van der Waals surface area contributed by atoms with Crippen LogP contribution in [-0.2, 0) is 0 Å². The van der Waals surface area contributed by atoms with Crippen LogP contribution in [0, 0.1) is 0 Å². The van der Waals surface area contributed by atoms with E-state index in [2.05, 4.69) is 15.4 Å². The molecule has 0 aromatic carbocycles. The van der Waals surface area contributed by atoms with Crippen LogP contribution in [0.1, 0.15) is 29.0 Å². The van der Waals surface area contributed by atoms with Crippen LogP contribution in [0.5, 0.6) is 0 Å². The molecule has 18 heavy (non-hydrogen) atoms. The quantitative estimate of drug-likeness (QED) is 0.831. The van der Waals surface area contributed by atoms with E-state index in [0.29, 0.717) is 11.5 Å². The van der Waals surface area contributed by atoms with Gasteiger partial charge in [0.2, 0.25) is 0 Å². The van der Waals surface area contributed by atoms with Crippen molar-refractivity contribution in [1.29, 1.82) is 0 Å². The minimum atomic E-state index is -0.230. The average Bonchev–Trinajstić information content (AvgIpc) is 2.87. The molecule has 6 nitrogen and oxygen atoms in total. The number of carbonyl (C=O) groups is 1. The number of hydrogen-bond donors (Lipinski definition) is 2. The third kappa shape index (κ3) is 2.23. The van der Waals surface area contributed by atoms with Crippen molar-refractivity contribution in [2.75, 3.05) is 7.05 Å². The van der Waals surface area contributed by atoms with Gasteiger partial charge in [0.05, 0.1) is 0 Å². The fraction of sp³-hybridized carbons (Fsp3) is 0.250. The number of aromatic nitrogens is 3. The summed E-state index contributed by atoms with van der Waals surface area (Å²) in [7, 11) is 1.56. The van der Waals surface area contributed by atoms with Crippen molar-refractivity contribution in [1.82, 2.24) is 20.1 Å². The van der Waals surface area contributed by atoms with E-state index in [4.69, 9.17) is 5.73 Å². The van der Waals surface area contributed by atoms with Gasteiger partial charge in [0.25, 0.3) is 5.91 Å². The van der Waals surface area contributed by atoms with Gasteiger partial charge in [-0.25, -0.2) is 9.67 Å². The Bertz CT molecular complexity index is 561. The van der Waals surface area contributed by atoms with Crippen molar-refractivity contribution < 1.29 is 4.79 Å². The molecule has 2 rings (SSSR count). The molecule has 0 aliphatic carbocycles. The summed E-state index contributed by atoms with van der Waals surface area (Å²) in [6.45, 7) is 1.88. The second-order valence-corrected chi connectivity index (χ2v) is 3.93. The molecule has 0 aliphatic rings. The van der Waals surface area contributed by atoms with Crippen LogP contribution in [0.2, 0.25) is 0 Å². The zero-order chi connectivity index (χ0) is 13.1. The van der Waals surface area contributed by atoms with Crippen LogP contribution in [0.3, 0.4) is 0 Å². The van der Waals surface area contributed by atoms with Gasteiger partial charge >= 0.3 is 0 Å². The van der Waals surface area contributed by atoms with E-state index >= 15 is 0 Å². The molecule has 0 saturated carbocycles. The van der Waals surface area contributed by atoms with Crippen molar-refractivity contribution in [3.8, 4) is 5.82 Å². The van der Waals surface area contributed by atoms with E-state index in [1.807, 2.05) is 19.1 Å². The molecule has 1 amide bonds. The van der Waals surface area contributed by atoms with Crippen LogP contribution in [0.4, 0.5) is 0 Å². The second-order valence-electron chi connectivity index (χ2n) is 3.93. The van der Waals surface area contributed by atoms with Crippen LogP contribution >= 0.6 is 0 Å². The maximum absolute atomic E-state index is 11.4. The highest BCUT2D eigenvalue weighted by Gasteiger charge is 2.13. The van der Waals surface area contributed by atoms with Gasteiger partial charge in [0.1, 0.15) is 0 Å². The van der Waals surface area contributed by atoms with Crippen molar-refractivity contribution in [3.63, 3.8) is 0 Å². The molecule has 2 aromatic rings. The topological polar surface area (TPSA) is 85.8 Å². The van der Waals surface area contributed by atoms with Crippen LogP contribution < -0.4 is 11.1 Å². The third-order valence-corrected chi connectivity index (χ3v) is 2.57. The number of hydrogen-bond acceptors (Lipinski definition) is 4. The molecule has 2 aromatic heterocycles. The Hall–Kier alpha value is -2.21. The summed E-state index contributed by atoms with van der Waals surface area (Å²) in [4.78, 5) is 15.7. The Balaban J connectivity index is 2.43. The highest BCUT2D eigenvalue weighted by Crippen LogP contribution is 2.16. The van der Waals surface area contributed by atoms with E-state index in [0.717, 1.165) is 5.56 Å². The summed E-state index contributed by atoms with van der Waals surface area (Å²) in [5.41, 5.74) is 7.11. The number of carbonyl (C=O) groups excluding carboxylic acids is 1. The van der Waals surface area contributed by atoms with E-state index in [-0.39, 0.29) is 11.9 Å². The van der Waals surface area contributed by atoms with Crippen LogP contribution in [0.25, 0.3) is 5.82 Å². The first kappa shape index (κ1) is 12.3. The lowest BCUT2D eigenvalue weighted by molar-refractivity contribution is 0.0957. The summed E-state index contributed by atoms with van der Waals surface area (Å²) in [6.07, 6.45) is 3.36. The zero-order valence-electron chi connectivity index (χ0n) is 10.3. The molecule has 0 saturated heterocycles.